The molecule has 31 heavy (non-hydrogen) atoms. The number of amides is 2. The van der Waals surface area contributed by atoms with Crippen LogP contribution in [0.5, 0.6) is 0 Å². The highest BCUT2D eigenvalue weighted by Crippen LogP contribution is 2.46. The fourth-order valence-corrected chi connectivity index (χ4v) is 6.69. The molecule has 7 nitrogen and oxygen atoms in total. The Morgan fingerprint density at radius 1 is 0.871 bits per heavy atom. The number of sulfonamides is 1. The number of carbonyl (C=O) groups is 2. The van der Waals surface area contributed by atoms with Crippen LogP contribution in [0.4, 0.5) is 0 Å². The lowest BCUT2D eigenvalue weighted by molar-refractivity contribution is -0.144. The smallest absolute Gasteiger partial charge is 0.243 e. The summed E-state index contributed by atoms with van der Waals surface area (Å²) < 4.78 is 27.8. The van der Waals surface area contributed by atoms with E-state index in [0.29, 0.717) is 37.5 Å². The number of nitrogens with zero attached hydrogens (tertiary/aromatic N) is 3. The summed E-state index contributed by atoms with van der Waals surface area (Å²) in [6, 6.07) is 12.9. The third-order valence-corrected chi connectivity index (χ3v) is 8.98. The minimum atomic E-state index is -3.58. The summed E-state index contributed by atoms with van der Waals surface area (Å²) >= 11 is 0. The van der Waals surface area contributed by atoms with E-state index < -0.39 is 15.4 Å². The fourth-order valence-electron chi connectivity index (χ4n) is 5.23. The van der Waals surface area contributed by atoms with Gasteiger partial charge in [0, 0.05) is 32.6 Å². The van der Waals surface area contributed by atoms with Gasteiger partial charge in [0.25, 0.3) is 0 Å². The molecule has 164 valence electrons. The maximum absolute atomic E-state index is 13.1. The van der Waals surface area contributed by atoms with Crippen LogP contribution in [0.25, 0.3) is 10.8 Å². The lowest BCUT2D eigenvalue weighted by Crippen LogP contribution is -2.52. The molecule has 3 fully saturated rings. The quantitative estimate of drug-likeness (QED) is 0.681. The van der Waals surface area contributed by atoms with Crippen LogP contribution in [-0.2, 0) is 19.6 Å². The van der Waals surface area contributed by atoms with Gasteiger partial charge in [-0.15, -0.1) is 0 Å². The summed E-state index contributed by atoms with van der Waals surface area (Å²) in [7, 11) is -3.58. The van der Waals surface area contributed by atoms with Gasteiger partial charge in [0.1, 0.15) is 0 Å². The second kappa shape index (κ2) is 7.69. The number of carbonyl (C=O) groups excluding carboxylic acids is 2. The second-order valence-electron chi connectivity index (χ2n) is 8.96. The molecule has 0 atom stereocenters. The molecule has 2 aromatic rings. The van der Waals surface area contributed by atoms with Crippen LogP contribution < -0.4 is 0 Å². The van der Waals surface area contributed by atoms with Crippen LogP contribution in [0.3, 0.4) is 0 Å². The number of piperazine rings is 1. The van der Waals surface area contributed by atoms with Crippen LogP contribution >= 0.6 is 0 Å². The van der Waals surface area contributed by atoms with Gasteiger partial charge in [-0.1, -0.05) is 43.2 Å². The largest absolute Gasteiger partial charge is 0.283 e. The third-order valence-electron chi connectivity index (χ3n) is 7.08. The predicted molar refractivity (Wildman–Crippen MR) is 117 cm³/mol. The third kappa shape index (κ3) is 3.56. The molecule has 5 rings (SSSR count). The molecule has 0 radical (unpaired) electrons. The number of hydrogen-bond donors (Lipinski definition) is 0. The molecule has 2 heterocycles. The molecule has 2 amide bonds. The molecule has 1 aliphatic carbocycles. The van der Waals surface area contributed by atoms with E-state index in [2.05, 4.69) is 0 Å². The Morgan fingerprint density at radius 2 is 1.55 bits per heavy atom. The maximum atomic E-state index is 13.1. The lowest BCUT2D eigenvalue weighted by Gasteiger charge is -2.35. The SMILES string of the molecule is O=C1CC2(CCCC2)C(=O)N1CN1CCN(S(=O)(=O)c2ccc3ccccc3c2)CC1. The van der Waals surface area contributed by atoms with Crippen LogP contribution in [0.1, 0.15) is 32.1 Å². The molecule has 0 unspecified atom stereocenters. The molecular formula is C23H27N3O4S. The van der Waals surface area contributed by atoms with E-state index in [1.165, 1.54) is 9.21 Å². The molecule has 1 saturated carbocycles. The van der Waals surface area contributed by atoms with Crippen molar-refractivity contribution in [3.63, 3.8) is 0 Å². The molecule has 2 aromatic carbocycles. The van der Waals surface area contributed by atoms with Gasteiger partial charge in [0.15, 0.2) is 0 Å². The highest BCUT2D eigenvalue weighted by molar-refractivity contribution is 7.89. The average Bonchev–Trinajstić information content (AvgIpc) is 3.34. The van der Waals surface area contributed by atoms with Gasteiger partial charge in [-0.2, -0.15) is 4.31 Å². The van der Waals surface area contributed by atoms with E-state index in [1.807, 2.05) is 35.2 Å². The molecule has 0 N–H and O–H groups in total. The molecule has 8 heteroatoms. The van der Waals surface area contributed by atoms with Gasteiger partial charge in [-0.3, -0.25) is 19.4 Å². The van der Waals surface area contributed by atoms with E-state index in [9.17, 15) is 18.0 Å². The van der Waals surface area contributed by atoms with Gasteiger partial charge in [-0.25, -0.2) is 8.42 Å². The van der Waals surface area contributed by atoms with Crippen LogP contribution in [0, 0.1) is 5.41 Å². The average molecular weight is 442 g/mol. The molecule has 0 aromatic heterocycles. The first-order valence-corrected chi connectivity index (χ1v) is 12.4. The highest BCUT2D eigenvalue weighted by Gasteiger charge is 2.52. The Labute approximate surface area is 182 Å². The van der Waals surface area contributed by atoms with Crippen molar-refractivity contribution in [1.29, 1.82) is 0 Å². The van der Waals surface area contributed by atoms with Crippen molar-refractivity contribution < 1.29 is 18.0 Å². The minimum absolute atomic E-state index is 0.0267. The number of likely N-dealkylation sites (tertiary alicyclic amines) is 1. The van der Waals surface area contributed by atoms with E-state index in [0.717, 1.165) is 36.5 Å². The summed E-state index contributed by atoms with van der Waals surface area (Å²) in [5.74, 6) is -0.112. The van der Waals surface area contributed by atoms with E-state index in [4.69, 9.17) is 0 Å². The number of imide groups is 1. The standard InChI is InChI=1S/C23H27N3O4S/c27-21-16-23(9-3-4-10-23)22(28)26(21)17-24-11-13-25(14-12-24)31(29,30)20-8-7-18-5-1-2-6-19(18)15-20/h1-2,5-8,15H,3-4,9-14,16-17H2. The van der Waals surface area contributed by atoms with Gasteiger partial charge in [-0.05, 0) is 35.7 Å². The summed E-state index contributed by atoms with van der Waals surface area (Å²) in [6.45, 7) is 1.95. The topological polar surface area (TPSA) is 78.0 Å². The molecule has 0 bridgehead atoms. The van der Waals surface area contributed by atoms with Crippen molar-refractivity contribution in [1.82, 2.24) is 14.1 Å². The Hall–Kier alpha value is -2.29. The zero-order chi connectivity index (χ0) is 21.6. The Balaban J connectivity index is 1.24. The Kier molecular flexibility index (Phi) is 5.11. The van der Waals surface area contributed by atoms with E-state index in [1.54, 1.807) is 12.1 Å². The second-order valence-corrected chi connectivity index (χ2v) is 10.9. The Bertz CT molecular complexity index is 1130. The summed E-state index contributed by atoms with van der Waals surface area (Å²) in [5, 5.41) is 1.90. The van der Waals surface area contributed by atoms with Crippen LogP contribution in [0.15, 0.2) is 47.4 Å². The molecular weight excluding hydrogens is 414 g/mol. The van der Waals surface area contributed by atoms with Crippen molar-refractivity contribution in [2.45, 2.75) is 37.0 Å². The van der Waals surface area contributed by atoms with E-state index >= 15 is 0 Å². The van der Waals surface area contributed by atoms with Crippen molar-refractivity contribution in [3.05, 3.63) is 42.5 Å². The first kappa shape index (κ1) is 20.6. The normalized spacial score (nSPS) is 22.8. The number of hydrogen-bond acceptors (Lipinski definition) is 5. The fraction of sp³-hybridized carbons (Fsp3) is 0.478. The first-order chi connectivity index (χ1) is 14.9. The van der Waals surface area contributed by atoms with Crippen LogP contribution in [-0.4, -0.2) is 67.2 Å². The Morgan fingerprint density at radius 3 is 2.26 bits per heavy atom. The molecule has 1 spiro atoms. The van der Waals surface area contributed by atoms with Gasteiger partial charge >= 0.3 is 0 Å². The zero-order valence-corrected chi connectivity index (χ0v) is 18.3. The van der Waals surface area contributed by atoms with Gasteiger partial charge in [0.2, 0.25) is 21.8 Å². The highest BCUT2D eigenvalue weighted by atomic mass is 32.2. The van der Waals surface area contributed by atoms with Crippen molar-refractivity contribution >= 4 is 32.6 Å². The number of fused-ring (bicyclic) bond motifs is 1. The molecule has 3 aliphatic rings. The monoisotopic (exact) mass is 441 g/mol. The molecule has 2 saturated heterocycles. The molecule has 2 aliphatic heterocycles. The van der Waals surface area contributed by atoms with E-state index in [-0.39, 0.29) is 18.5 Å². The predicted octanol–water partition coefficient (Wildman–Crippen LogP) is 2.42. The number of rotatable bonds is 4. The maximum Gasteiger partial charge on any atom is 0.243 e. The number of benzene rings is 2. The summed E-state index contributed by atoms with van der Waals surface area (Å²) in [5.41, 5.74) is -0.460. The summed E-state index contributed by atoms with van der Waals surface area (Å²) in [6.07, 6.45) is 3.98. The van der Waals surface area contributed by atoms with Crippen molar-refractivity contribution in [3.8, 4) is 0 Å². The van der Waals surface area contributed by atoms with Crippen molar-refractivity contribution in [2.75, 3.05) is 32.8 Å². The van der Waals surface area contributed by atoms with Crippen LogP contribution in [0.2, 0.25) is 0 Å². The minimum Gasteiger partial charge on any atom is -0.283 e. The summed E-state index contributed by atoms with van der Waals surface area (Å²) in [4.78, 5) is 29.1. The zero-order valence-electron chi connectivity index (χ0n) is 17.5. The van der Waals surface area contributed by atoms with Crippen molar-refractivity contribution in [2.24, 2.45) is 5.41 Å². The van der Waals surface area contributed by atoms with Gasteiger partial charge in [0.05, 0.1) is 17.0 Å². The lowest BCUT2D eigenvalue weighted by atomic mass is 9.85. The van der Waals surface area contributed by atoms with Gasteiger partial charge < -0.3 is 0 Å². The first-order valence-electron chi connectivity index (χ1n) is 11.0.